The molecule has 0 saturated carbocycles. The molecule has 9 aromatic carbocycles. The fourth-order valence-corrected chi connectivity index (χ4v) is 7.99. The molecule has 0 aliphatic carbocycles. The van der Waals surface area contributed by atoms with E-state index in [4.69, 9.17) is 9.47 Å². The summed E-state index contributed by atoms with van der Waals surface area (Å²) >= 11 is 0. The average molecular weight is 857 g/mol. The first-order chi connectivity index (χ1) is 32.4. The number of esters is 2. The van der Waals surface area contributed by atoms with E-state index in [2.05, 4.69) is 132 Å². The quantitative estimate of drug-likeness (QED) is 0.0617. The molecule has 9 rings (SSSR count). The van der Waals surface area contributed by atoms with Gasteiger partial charge in [0.2, 0.25) is 0 Å². The summed E-state index contributed by atoms with van der Waals surface area (Å²) in [5, 5.41) is 0. The van der Waals surface area contributed by atoms with Gasteiger partial charge in [-0.1, -0.05) is 147 Å². The van der Waals surface area contributed by atoms with Gasteiger partial charge in [-0.25, -0.2) is 9.59 Å². The maximum atomic E-state index is 12.2. The Kier molecular flexibility index (Phi) is 12.6. The van der Waals surface area contributed by atoms with Gasteiger partial charge in [-0.05, 0) is 130 Å². The van der Waals surface area contributed by atoms with Crippen LogP contribution in [-0.2, 0) is 9.59 Å². The van der Waals surface area contributed by atoms with E-state index in [1.165, 1.54) is 12.2 Å². The van der Waals surface area contributed by atoms with Crippen LogP contribution in [0.3, 0.4) is 0 Å². The summed E-state index contributed by atoms with van der Waals surface area (Å²) in [6, 6.07) is 77.8. The third-order valence-corrected chi connectivity index (χ3v) is 11.2. The molecule has 0 aliphatic rings. The van der Waals surface area contributed by atoms with Gasteiger partial charge in [0.05, 0.1) is 0 Å². The molecule has 0 spiro atoms. The third kappa shape index (κ3) is 9.35. The van der Waals surface area contributed by atoms with E-state index < -0.39 is 11.9 Å². The molecular formula is C60H44N2O4. The fourth-order valence-electron chi connectivity index (χ4n) is 7.99. The summed E-state index contributed by atoms with van der Waals surface area (Å²) in [7, 11) is 0. The second-order valence-electron chi connectivity index (χ2n) is 15.4. The van der Waals surface area contributed by atoms with E-state index in [9.17, 15) is 9.59 Å². The zero-order chi connectivity index (χ0) is 45.2. The molecule has 9 aromatic rings. The minimum atomic E-state index is -0.506. The smallest absolute Gasteiger partial charge is 0.335 e. The molecule has 0 atom stereocenters. The number of nitrogens with zero attached hydrogens (tertiary/aromatic N) is 2. The van der Waals surface area contributed by atoms with Crippen molar-refractivity contribution >= 4 is 46.1 Å². The van der Waals surface area contributed by atoms with Crippen LogP contribution in [0.4, 0.5) is 34.1 Å². The number of ether oxygens (including phenoxy) is 2. The second kappa shape index (κ2) is 19.6. The Labute approximate surface area is 385 Å². The van der Waals surface area contributed by atoms with Crippen molar-refractivity contribution in [3.8, 4) is 56.0 Å². The Morgan fingerprint density at radius 1 is 0.318 bits per heavy atom. The van der Waals surface area contributed by atoms with Gasteiger partial charge in [-0.3, -0.25) is 0 Å². The van der Waals surface area contributed by atoms with Gasteiger partial charge in [0.1, 0.15) is 11.5 Å². The van der Waals surface area contributed by atoms with Gasteiger partial charge in [0.25, 0.3) is 0 Å². The molecule has 0 heterocycles. The lowest BCUT2D eigenvalue weighted by atomic mass is 9.97. The summed E-state index contributed by atoms with van der Waals surface area (Å²) in [6.07, 6.45) is 2.34. The maximum absolute atomic E-state index is 12.2. The van der Waals surface area contributed by atoms with Gasteiger partial charge in [0, 0.05) is 57.4 Å². The number of carbonyl (C=O) groups is 2. The molecule has 0 N–H and O–H groups in total. The highest BCUT2D eigenvalue weighted by atomic mass is 16.5. The summed E-state index contributed by atoms with van der Waals surface area (Å²) in [5.41, 5.74) is 13.6. The number of hydrogen-bond acceptors (Lipinski definition) is 6. The van der Waals surface area contributed by atoms with Crippen LogP contribution in [0.5, 0.6) is 11.5 Å². The van der Waals surface area contributed by atoms with Gasteiger partial charge in [-0.2, -0.15) is 0 Å². The highest BCUT2D eigenvalue weighted by Crippen LogP contribution is 2.42. The fraction of sp³-hybridized carbons (Fsp3) is 0. The van der Waals surface area contributed by atoms with Crippen LogP contribution in [0.1, 0.15) is 0 Å². The van der Waals surface area contributed by atoms with Crippen LogP contribution in [0.15, 0.2) is 256 Å². The van der Waals surface area contributed by atoms with Gasteiger partial charge >= 0.3 is 11.9 Å². The predicted octanol–water partition coefficient (Wildman–Crippen LogP) is 15.5. The van der Waals surface area contributed by atoms with E-state index in [1.54, 1.807) is 0 Å². The van der Waals surface area contributed by atoms with Crippen molar-refractivity contribution in [2.45, 2.75) is 0 Å². The van der Waals surface area contributed by atoms with Crippen LogP contribution in [0, 0.1) is 0 Å². The maximum Gasteiger partial charge on any atom is 0.335 e. The van der Waals surface area contributed by atoms with Crippen LogP contribution in [0.25, 0.3) is 44.5 Å². The van der Waals surface area contributed by atoms with Crippen molar-refractivity contribution in [3.05, 3.63) is 256 Å². The normalized spacial score (nSPS) is 10.7. The molecule has 66 heavy (non-hydrogen) atoms. The largest absolute Gasteiger partial charge is 0.423 e. The van der Waals surface area contributed by atoms with Crippen molar-refractivity contribution < 1.29 is 19.1 Å². The highest BCUT2D eigenvalue weighted by Gasteiger charge is 2.18. The minimum absolute atomic E-state index is 0.475. The summed E-state index contributed by atoms with van der Waals surface area (Å²) < 4.78 is 11.3. The first-order valence-corrected chi connectivity index (χ1v) is 21.5. The molecule has 318 valence electrons. The lowest BCUT2D eigenvalue weighted by molar-refractivity contribution is -0.129. The predicted molar refractivity (Wildman–Crippen MR) is 269 cm³/mol. The lowest BCUT2D eigenvalue weighted by Gasteiger charge is -2.28. The summed E-state index contributed by atoms with van der Waals surface area (Å²) in [6.45, 7) is 7.13. The molecule has 0 amide bonds. The van der Waals surface area contributed by atoms with E-state index >= 15 is 0 Å². The van der Waals surface area contributed by atoms with Crippen LogP contribution in [0.2, 0.25) is 0 Å². The lowest BCUT2D eigenvalue weighted by Crippen LogP contribution is -2.12. The molecular weight excluding hydrogens is 813 g/mol. The SMILES string of the molecule is C=CC(=O)Oc1ccc(-c2ccc(N(c3ccccc3)c3ccc(N(c4ccccc4)c4ccc(-c5ccc(OC(=O)C=C)c(-c6ccccc6)c5)cc4)cc3)cc2)cc1-c1ccccc1. The number of benzene rings is 9. The Morgan fingerprint density at radius 2 is 0.591 bits per heavy atom. The van der Waals surface area contributed by atoms with Gasteiger partial charge < -0.3 is 19.3 Å². The Hall–Kier alpha value is -9.00. The number of anilines is 6. The molecule has 0 fully saturated rings. The van der Waals surface area contributed by atoms with Gasteiger partial charge in [0.15, 0.2) is 0 Å². The third-order valence-electron chi connectivity index (χ3n) is 11.2. The van der Waals surface area contributed by atoms with Crippen molar-refractivity contribution in [1.29, 1.82) is 0 Å². The molecule has 0 aliphatic heterocycles. The topological polar surface area (TPSA) is 59.1 Å². The standard InChI is InChI=1S/C60H44N2O4/c1-3-59(63)65-57-39-29-47(41-55(57)45-17-9-5-10-18-45)43-25-31-51(32-26-43)61(49-21-13-7-14-22-49)53-35-37-54(38-36-53)62(50-23-15-8-16-24-50)52-33-27-44(28-34-52)48-30-40-58(66-60(64)4-2)56(42-48)46-19-11-6-12-20-46/h3-42H,1-2H2. The monoisotopic (exact) mass is 856 g/mol. The first kappa shape index (κ1) is 42.3. The van der Waals surface area contributed by atoms with Crippen molar-refractivity contribution in [1.82, 2.24) is 0 Å². The molecule has 0 saturated heterocycles. The van der Waals surface area contributed by atoms with E-state index in [1.807, 2.05) is 121 Å². The zero-order valence-corrected chi connectivity index (χ0v) is 36.0. The van der Waals surface area contributed by atoms with Crippen molar-refractivity contribution in [2.75, 3.05) is 9.80 Å². The van der Waals surface area contributed by atoms with Crippen LogP contribution < -0.4 is 19.3 Å². The van der Waals surface area contributed by atoms with E-state index in [0.29, 0.717) is 11.5 Å². The zero-order valence-electron chi connectivity index (χ0n) is 36.0. The number of rotatable bonds is 14. The van der Waals surface area contributed by atoms with Crippen molar-refractivity contribution in [2.24, 2.45) is 0 Å². The number of para-hydroxylation sites is 2. The molecule has 0 radical (unpaired) electrons. The van der Waals surface area contributed by atoms with Crippen LogP contribution in [-0.4, -0.2) is 11.9 Å². The van der Waals surface area contributed by atoms with E-state index in [0.717, 1.165) is 78.6 Å². The molecule has 6 nitrogen and oxygen atoms in total. The Morgan fingerprint density at radius 3 is 0.909 bits per heavy atom. The Balaban J connectivity index is 1.03. The van der Waals surface area contributed by atoms with E-state index in [-0.39, 0.29) is 0 Å². The first-order valence-electron chi connectivity index (χ1n) is 21.5. The van der Waals surface area contributed by atoms with Gasteiger partial charge in [-0.15, -0.1) is 0 Å². The van der Waals surface area contributed by atoms with Crippen LogP contribution >= 0.6 is 0 Å². The molecule has 0 bridgehead atoms. The summed E-state index contributed by atoms with van der Waals surface area (Å²) in [5.74, 6) is -0.0617. The average Bonchev–Trinajstić information content (AvgIpc) is 3.38. The Bertz CT molecular complexity index is 2900. The van der Waals surface area contributed by atoms with Crippen molar-refractivity contribution in [3.63, 3.8) is 0 Å². The number of carbonyl (C=O) groups excluding carboxylic acids is 2. The minimum Gasteiger partial charge on any atom is -0.423 e. The second-order valence-corrected chi connectivity index (χ2v) is 15.4. The summed E-state index contributed by atoms with van der Waals surface area (Å²) in [4.78, 5) is 28.9. The molecule has 0 unspecified atom stereocenters. The molecule has 6 heteroatoms. The highest BCUT2D eigenvalue weighted by molar-refractivity contribution is 5.89. The number of hydrogen-bond donors (Lipinski definition) is 0. The molecule has 0 aromatic heterocycles.